The van der Waals surface area contributed by atoms with Crippen molar-refractivity contribution >= 4 is 21.9 Å². The minimum absolute atomic E-state index is 0.0598. The van der Waals surface area contributed by atoms with E-state index in [0.717, 1.165) is 0 Å². The molecule has 0 saturated carbocycles. The second kappa shape index (κ2) is 12.2. The van der Waals surface area contributed by atoms with Crippen LogP contribution < -0.4 is 24.4 Å². The van der Waals surface area contributed by atoms with Crippen molar-refractivity contribution in [3.8, 4) is 23.0 Å². The molecule has 0 unspecified atom stereocenters. The predicted molar refractivity (Wildman–Crippen MR) is 141 cm³/mol. The summed E-state index contributed by atoms with van der Waals surface area (Å²) in [6.07, 6.45) is -14.0. The number of aliphatic hydroxyl groups excluding tert-OH is 6. The van der Waals surface area contributed by atoms with E-state index >= 15 is 0 Å². The number of benzene rings is 2. The summed E-state index contributed by atoms with van der Waals surface area (Å²) in [5.74, 6) is 0.505. The highest BCUT2D eigenvalue weighted by atomic mass is 16.7. The highest BCUT2D eigenvalue weighted by Gasteiger charge is 2.46. The maximum Gasteiger partial charge on any atom is 0.229 e. The number of hydrogen-bond acceptors (Lipinski definition) is 15. The Kier molecular flexibility index (Phi) is 8.75. The largest absolute Gasteiger partial charge is 0.496 e. The summed E-state index contributed by atoms with van der Waals surface area (Å²) in [4.78, 5) is 13.8. The van der Waals surface area contributed by atoms with Crippen LogP contribution in [0.5, 0.6) is 23.0 Å². The van der Waals surface area contributed by atoms with Crippen LogP contribution in [0.4, 0.5) is 0 Å². The molecule has 3 aromatic rings. The zero-order chi connectivity index (χ0) is 30.3. The Morgan fingerprint density at radius 3 is 2.21 bits per heavy atom. The first-order chi connectivity index (χ1) is 20.1. The Balaban J connectivity index is 1.48. The van der Waals surface area contributed by atoms with Crippen LogP contribution in [-0.4, -0.2) is 120 Å². The van der Waals surface area contributed by atoms with Gasteiger partial charge in [0.1, 0.15) is 76.2 Å². The smallest absolute Gasteiger partial charge is 0.229 e. The third-order valence-corrected chi connectivity index (χ3v) is 7.25. The molecule has 2 saturated heterocycles. The minimum Gasteiger partial charge on any atom is -0.496 e. The van der Waals surface area contributed by atoms with Gasteiger partial charge in [-0.3, -0.25) is 4.79 Å². The van der Waals surface area contributed by atoms with Crippen LogP contribution in [0.2, 0.25) is 0 Å². The highest BCUT2D eigenvalue weighted by molar-refractivity contribution is 5.97. The molecular weight excluding hydrogens is 564 g/mol. The topological polar surface area (TPSA) is 216 Å². The quantitative estimate of drug-likeness (QED) is 0.165. The number of hydrogen-bond donors (Lipinski definition) is 6. The second-order valence-corrected chi connectivity index (χ2v) is 9.82. The van der Waals surface area contributed by atoms with Gasteiger partial charge in [-0.15, -0.1) is 0 Å². The van der Waals surface area contributed by atoms with Gasteiger partial charge in [-0.2, -0.15) is 0 Å². The maximum atomic E-state index is 13.8. The van der Waals surface area contributed by atoms with E-state index < -0.39 is 67.3 Å². The average molecular weight is 597 g/mol. The molecular formula is C27H32O15. The van der Waals surface area contributed by atoms with Gasteiger partial charge in [0, 0.05) is 12.1 Å². The molecule has 0 aliphatic carbocycles. The van der Waals surface area contributed by atoms with Gasteiger partial charge in [0.15, 0.2) is 17.8 Å². The van der Waals surface area contributed by atoms with E-state index in [2.05, 4.69) is 0 Å². The molecule has 1 aromatic heterocycles. The molecule has 0 radical (unpaired) electrons. The van der Waals surface area contributed by atoms with Crippen molar-refractivity contribution in [2.24, 2.45) is 0 Å². The molecule has 15 heteroatoms. The molecule has 5 rings (SSSR count). The first-order valence-corrected chi connectivity index (χ1v) is 12.9. The Bertz CT molecular complexity index is 1470. The number of aliphatic hydroxyl groups is 6. The first-order valence-electron chi connectivity index (χ1n) is 12.9. The monoisotopic (exact) mass is 596 g/mol. The van der Waals surface area contributed by atoms with Gasteiger partial charge in [0.2, 0.25) is 11.7 Å². The molecule has 0 bridgehead atoms. The van der Waals surface area contributed by atoms with E-state index in [1.54, 1.807) is 12.1 Å². The average Bonchev–Trinajstić information content (AvgIpc) is 2.99. The molecule has 0 amide bonds. The molecule has 2 aromatic carbocycles. The van der Waals surface area contributed by atoms with E-state index in [9.17, 15) is 35.4 Å². The summed E-state index contributed by atoms with van der Waals surface area (Å²) in [5, 5.41) is 61.4. The van der Waals surface area contributed by atoms with Crippen LogP contribution in [-0.2, 0) is 14.2 Å². The van der Waals surface area contributed by atoms with Crippen molar-refractivity contribution in [2.45, 2.75) is 55.3 Å². The summed E-state index contributed by atoms with van der Waals surface area (Å²) in [6, 6.07) is 5.94. The number of ether oxygens (including phenoxy) is 7. The van der Waals surface area contributed by atoms with Gasteiger partial charge >= 0.3 is 0 Å². The predicted octanol–water partition coefficient (Wildman–Crippen LogP) is -1.39. The van der Waals surface area contributed by atoms with E-state index in [-0.39, 0.29) is 51.5 Å². The van der Waals surface area contributed by atoms with Crippen LogP contribution in [0.15, 0.2) is 33.5 Å². The Labute approximate surface area is 237 Å². The normalized spacial score (nSPS) is 31.7. The standard InChI is InChI=1S/C27H32O15/c1-35-10-6-14-17(21(31)18-12(40-14)4-5-13(36-2)25(18)37-3)15(7-10)41-27-24(34)22(32)20(30)16(42-27)9-39-26-23(33)19(29)11(28)8-38-26/h4-7,11,16,19-20,22-24,26-30,32-34H,8-9H2,1-3H3/t11-,16-,19+,20-,22+,23-,24-,26+,27+/m1/s1. The molecule has 2 aliphatic rings. The molecule has 2 fully saturated rings. The van der Waals surface area contributed by atoms with Crippen LogP contribution in [0.25, 0.3) is 21.9 Å². The van der Waals surface area contributed by atoms with Gasteiger partial charge in [-0.25, -0.2) is 0 Å². The van der Waals surface area contributed by atoms with Crippen molar-refractivity contribution in [3.63, 3.8) is 0 Å². The molecule has 0 spiro atoms. The summed E-state index contributed by atoms with van der Waals surface area (Å²) in [6.45, 7) is -0.807. The van der Waals surface area contributed by atoms with Crippen LogP contribution >= 0.6 is 0 Å². The number of fused-ring (bicyclic) bond motifs is 2. The molecule has 9 atom stereocenters. The van der Waals surface area contributed by atoms with Crippen molar-refractivity contribution in [3.05, 3.63) is 34.5 Å². The third kappa shape index (κ3) is 5.34. The van der Waals surface area contributed by atoms with Crippen molar-refractivity contribution < 1.29 is 68.2 Å². The highest BCUT2D eigenvalue weighted by Crippen LogP contribution is 2.38. The Morgan fingerprint density at radius 2 is 1.52 bits per heavy atom. The van der Waals surface area contributed by atoms with Crippen LogP contribution in [0.1, 0.15) is 0 Å². The van der Waals surface area contributed by atoms with E-state index in [0.29, 0.717) is 0 Å². The molecule has 6 N–H and O–H groups in total. The van der Waals surface area contributed by atoms with Gasteiger partial charge in [0.25, 0.3) is 0 Å². The fraction of sp³-hybridized carbons (Fsp3) is 0.519. The zero-order valence-electron chi connectivity index (χ0n) is 22.8. The summed E-state index contributed by atoms with van der Waals surface area (Å²) in [7, 11) is 4.17. The first kappa shape index (κ1) is 30.2. The minimum atomic E-state index is -1.78. The van der Waals surface area contributed by atoms with Crippen molar-refractivity contribution in [1.29, 1.82) is 0 Å². The van der Waals surface area contributed by atoms with Crippen molar-refractivity contribution in [1.82, 2.24) is 0 Å². The summed E-state index contributed by atoms with van der Waals surface area (Å²) in [5.41, 5.74) is -0.294. The lowest BCUT2D eigenvalue weighted by Gasteiger charge is -2.41. The fourth-order valence-corrected chi connectivity index (χ4v) is 4.93. The molecule has 15 nitrogen and oxygen atoms in total. The van der Waals surface area contributed by atoms with E-state index in [4.69, 9.17) is 37.6 Å². The summed E-state index contributed by atoms with van der Waals surface area (Å²) < 4.78 is 44.3. The zero-order valence-corrected chi connectivity index (χ0v) is 22.8. The Morgan fingerprint density at radius 1 is 0.786 bits per heavy atom. The van der Waals surface area contributed by atoms with Gasteiger partial charge in [-0.1, -0.05) is 0 Å². The van der Waals surface area contributed by atoms with Crippen LogP contribution in [0, 0.1) is 0 Å². The SMILES string of the molecule is COc1cc(O[C@H]2O[C@H](CO[C@@H]3OC[C@@H](O)[C@H](O)[C@H]3O)[C@@H](O)[C@H](O)[C@H]2O)c2c(=O)c3c(OC)c(OC)ccc3oc2c1. The lowest BCUT2D eigenvalue weighted by Crippen LogP contribution is -2.61. The fourth-order valence-electron chi connectivity index (χ4n) is 4.93. The van der Waals surface area contributed by atoms with Gasteiger partial charge in [-0.05, 0) is 12.1 Å². The van der Waals surface area contributed by atoms with Gasteiger partial charge in [0.05, 0.1) is 34.5 Å². The van der Waals surface area contributed by atoms with E-state index in [1.165, 1.54) is 33.5 Å². The lowest BCUT2D eigenvalue weighted by molar-refractivity contribution is -0.307. The van der Waals surface area contributed by atoms with Crippen LogP contribution in [0.3, 0.4) is 0 Å². The molecule has 3 heterocycles. The number of rotatable bonds is 8. The molecule has 230 valence electrons. The second-order valence-electron chi connectivity index (χ2n) is 9.82. The molecule has 2 aliphatic heterocycles. The maximum absolute atomic E-state index is 13.8. The molecule has 42 heavy (non-hydrogen) atoms. The van der Waals surface area contributed by atoms with Crippen molar-refractivity contribution in [2.75, 3.05) is 34.5 Å². The Hall–Kier alpha value is -3.25. The van der Waals surface area contributed by atoms with E-state index in [1.807, 2.05) is 0 Å². The van der Waals surface area contributed by atoms with Gasteiger partial charge < -0.3 is 68.2 Å². The number of methoxy groups -OCH3 is 3. The third-order valence-electron chi connectivity index (χ3n) is 7.25. The lowest BCUT2D eigenvalue weighted by atomic mass is 9.99. The summed E-state index contributed by atoms with van der Waals surface area (Å²) >= 11 is 0.